The summed E-state index contributed by atoms with van der Waals surface area (Å²) in [5.74, 6) is 0. The van der Waals surface area contributed by atoms with Gasteiger partial charge in [0.1, 0.15) is 0 Å². The molecule has 3 aromatic rings. The minimum absolute atomic E-state index is 0.0176. The van der Waals surface area contributed by atoms with E-state index < -0.39 is 23.5 Å². The molecular weight excluding hydrogens is 394 g/mol. The van der Waals surface area contributed by atoms with Crippen molar-refractivity contribution in [3.63, 3.8) is 0 Å². The van der Waals surface area contributed by atoms with Crippen molar-refractivity contribution in [2.75, 3.05) is 0 Å². The largest absolute Gasteiger partial charge is 0.416 e. The molecule has 0 aliphatic carbocycles. The number of hydrogen-bond acceptors (Lipinski definition) is 2. The molecule has 0 saturated carbocycles. The molecule has 0 fully saturated rings. The Morgan fingerprint density at radius 1 is 0.690 bits per heavy atom. The van der Waals surface area contributed by atoms with E-state index in [4.69, 9.17) is 5.26 Å². The highest BCUT2D eigenvalue weighted by Gasteiger charge is 2.31. The Balaban J connectivity index is 2.04. The van der Waals surface area contributed by atoms with Gasteiger partial charge in [-0.05, 0) is 42.0 Å². The third-order valence-corrected chi connectivity index (χ3v) is 4.18. The molecule has 148 valence electrons. The number of benzene rings is 2. The molecule has 3 rings (SSSR count). The predicted molar refractivity (Wildman–Crippen MR) is 94.4 cm³/mol. The van der Waals surface area contributed by atoms with Gasteiger partial charge in [-0.1, -0.05) is 24.3 Å². The SMILES string of the molecule is N#CCc1cc(-c2ccc(C(F)(F)F)cc2)nc(-c2ccc(C(F)(F)F)cc2)c1. The van der Waals surface area contributed by atoms with E-state index in [1.165, 1.54) is 24.3 Å². The lowest BCUT2D eigenvalue weighted by atomic mass is 10.0. The summed E-state index contributed by atoms with van der Waals surface area (Å²) in [6.45, 7) is 0. The molecule has 1 aromatic heterocycles. The molecule has 1 heterocycles. The highest BCUT2D eigenvalue weighted by molar-refractivity contribution is 5.68. The number of nitrogens with zero attached hydrogens (tertiary/aromatic N) is 2. The second kappa shape index (κ2) is 7.59. The van der Waals surface area contributed by atoms with E-state index in [1.807, 2.05) is 6.07 Å². The molecule has 0 N–H and O–H groups in total. The minimum atomic E-state index is -4.47. The number of pyridine rings is 1. The molecule has 0 radical (unpaired) electrons. The number of rotatable bonds is 3. The average molecular weight is 406 g/mol. The van der Waals surface area contributed by atoms with Gasteiger partial charge in [0, 0.05) is 11.1 Å². The zero-order chi connectivity index (χ0) is 21.2. The van der Waals surface area contributed by atoms with Crippen LogP contribution in [0.2, 0.25) is 0 Å². The molecule has 29 heavy (non-hydrogen) atoms. The van der Waals surface area contributed by atoms with Gasteiger partial charge in [0.25, 0.3) is 0 Å². The van der Waals surface area contributed by atoms with E-state index in [0.717, 1.165) is 24.3 Å². The smallest absolute Gasteiger partial charge is 0.248 e. The summed E-state index contributed by atoms with van der Waals surface area (Å²) in [4.78, 5) is 4.37. The quantitative estimate of drug-likeness (QED) is 0.465. The van der Waals surface area contributed by atoms with E-state index >= 15 is 0 Å². The summed E-state index contributed by atoms with van der Waals surface area (Å²) in [6.07, 6.45) is -8.93. The summed E-state index contributed by atoms with van der Waals surface area (Å²) < 4.78 is 76.5. The van der Waals surface area contributed by atoms with Crippen molar-refractivity contribution < 1.29 is 26.3 Å². The minimum Gasteiger partial charge on any atom is -0.248 e. The molecule has 8 heteroatoms. The standard InChI is InChI=1S/C21H12F6N2/c22-20(23,24)16-5-1-14(2-6-16)18-11-13(9-10-28)12-19(29-18)15-3-7-17(8-4-15)21(25,26)27/h1-8,11-12H,9H2. The van der Waals surface area contributed by atoms with Crippen LogP contribution in [0.1, 0.15) is 16.7 Å². The Kier molecular flexibility index (Phi) is 5.33. The maximum absolute atomic E-state index is 12.8. The Bertz CT molecular complexity index is 967. The topological polar surface area (TPSA) is 36.7 Å². The highest BCUT2D eigenvalue weighted by atomic mass is 19.4. The van der Waals surface area contributed by atoms with Crippen LogP contribution < -0.4 is 0 Å². The average Bonchev–Trinajstić information content (AvgIpc) is 2.67. The van der Waals surface area contributed by atoms with Gasteiger partial charge in [-0.25, -0.2) is 4.98 Å². The molecule has 0 atom stereocenters. The van der Waals surface area contributed by atoms with Crippen molar-refractivity contribution in [1.29, 1.82) is 5.26 Å². The van der Waals surface area contributed by atoms with Crippen LogP contribution in [-0.4, -0.2) is 4.98 Å². The molecule has 0 amide bonds. The first-order valence-electron chi connectivity index (χ1n) is 8.31. The van der Waals surface area contributed by atoms with Crippen molar-refractivity contribution in [3.05, 3.63) is 77.4 Å². The highest BCUT2D eigenvalue weighted by Crippen LogP contribution is 2.33. The number of alkyl halides is 6. The number of halogens is 6. The van der Waals surface area contributed by atoms with Crippen LogP contribution in [0.5, 0.6) is 0 Å². The normalized spacial score (nSPS) is 11.9. The second-order valence-electron chi connectivity index (χ2n) is 6.23. The van der Waals surface area contributed by atoms with Gasteiger partial charge >= 0.3 is 12.4 Å². The van der Waals surface area contributed by atoms with Gasteiger partial charge < -0.3 is 0 Å². The Labute approximate surface area is 162 Å². The monoisotopic (exact) mass is 406 g/mol. The summed E-state index contributed by atoms with van der Waals surface area (Å²) in [7, 11) is 0. The van der Waals surface area contributed by atoms with Crippen molar-refractivity contribution in [3.8, 4) is 28.6 Å². The molecule has 0 aliphatic rings. The Hall–Kier alpha value is -3.34. The lowest BCUT2D eigenvalue weighted by Crippen LogP contribution is -2.04. The number of hydrogen-bond donors (Lipinski definition) is 0. The Morgan fingerprint density at radius 3 is 1.38 bits per heavy atom. The van der Waals surface area contributed by atoms with E-state index in [1.54, 1.807) is 12.1 Å². The maximum Gasteiger partial charge on any atom is 0.416 e. The van der Waals surface area contributed by atoms with E-state index in [9.17, 15) is 26.3 Å². The Morgan fingerprint density at radius 2 is 1.07 bits per heavy atom. The fraction of sp³-hybridized carbons (Fsp3) is 0.143. The molecule has 2 nitrogen and oxygen atoms in total. The van der Waals surface area contributed by atoms with Gasteiger partial charge in [0.15, 0.2) is 0 Å². The lowest BCUT2D eigenvalue weighted by molar-refractivity contribution is -0.138. The van der Waals surface area contributed by atoms with Crippen LogP contribution >= 0.6 is 0 Å². The molecule has 0 unspecified atom stereocenters. The molecule has 0 aliphatic heterocycles. The first-order chi connectivity index (χ1) is 13.6. The van der Waals surface area contributed by atoms with Gasteiger partial charge in [-0.2, -0.15) is 31.6 Å². The summed E-state index contributed by atoms with van der Waals surface area (Å²) in [6, 6.07) is 13.8. The van der Waals surface area contributed by atoms with Crippen LogP contribution in [0.25, 0.3) is 22.5 Å². The van der Waals surface area contributed by atoms with Gasteiger partial charge in [0.2, 0.25) is 0 Å². The molecule has 2 aromatic carbocycles. The molecule has 0 spiro atoms. The molecule has 0 bridgehead atoms. The second-order valence-corrected chi connectivity index (χ2v) is 6.23. The maximum atomic E-state index is 12.8. The summed E-state index contributed by atoms with van der Waals surface area (Å²) >= 11 is 0. The first-order valence-corrected chi connectivity index (χ1v) is 8.31. The summed E-state index contributed by atoms with van der Waals surface area (Å²) in [5.41, 5.74) is 0.363. The fourth-order valence-electron chi connectivity index (χ4n) is 2.74. The van der Waals surface area contributed by atoms with Crippen molar-refractivity contribution in [2.24, 2.45) is 0 Å². The van der Waals surface area contributed by atoms with Crippen LogP contribution in [0, 0.1) is 11.3 Å². The lowest BCUT2D eigenvalue weighted by Gasteiger charge is -2.11. The van der Waals surface area contributed by atoms with Crippen molar-refractivity contribution in [1.82, 2.24) is 4.98 Å². The van der Waals surface area contributed by atoms with Gasteiger partial charge in [0.05, 0.1) is 35.0 Å². The van der Waals surface area contributed by atoms with E-state index in [-0.39, 0.29) is 6.42 Å². The van der Waals surface area contributed by atoms with Crippen LogP contribution in [0.3, 0.4) is 0 Å². The fourth-order valence-corrected chi connectivity index (χ4v) is 2.74. The van der Waals surface area contributed by atoms with Crippen molar-refractivity contribution >= 4 is 0 Å². The zero-order valence-electron chi connectivity index (χ0n) is 14.6. The molecular formula is C21H12F6N2. The number of nitriles is 1. The van der Waals surface area contributed by atoms with E-state index in [0.29, 0.717) is 28.1 Å². The van der Waals surface area contributed by atoms with Crippen molar-refractivity contribution in [2.45, 2.75) is 18.8 Å². The van der Waals surface area contributed by atoms with E-state index in [2.05, 4.69) is 4.98 Å². The van der Waals surface area contributed by atoms with Crippen LogP contribution in [0.15, 0.2) is 60.7 Å². The summed E-state index contributed by atoms with van der Waals surface area (Å²) in [5, 5.41) is 8.97. The number of aromatic nitrogens is 1. The first kappa shape index (κ1) is 20.4. The van der Waals surface area contributed by atoms with Gasteiger partial charge in [-0.15, -0.1) is 0 Å². The molecule has 0 saturated heterocycles. The van der Waals surface area contributed by atoms with Crippen LogP contribution in [0.4, 0.5) is 26.3 Å². The third kappa shape index (κ3) is 4.74. The zero-order valence-corrected chi connectivity index (χ0v) is 14.6. The van der Waals surface area contributed by atoms with Gasteiger partial charge in [-0.3, -0.25) is 0 Å². The van der Waals surface area contributed by atoms with Crippen LogP contribution in [-0.2, 0) is 18.8 Å². The predicted octanol–water partition coefficient (Wildman–Crippen LogP) is 6.52. The third-order valence-electron chi connectivity index (χ3n) is 4.18.